The van der Waals surface area contributed by atoms with Crippen molar-refractivity contribution in [2.45, 2.75) is 32.9 Å². The standard InChI is InChI=1S/C23H25N3O2/c1-3-17(2)25-23(27)22-15-20(13-14-24-22)26-19-9-11-21(12-10-19)28-16-18-7-5-4-6-8-18/h4-15,17H,3,16H2,1-2H3,(H,24,26)(H,25,27). The second kappa shape index (κ2) is 9.55. The summed E-state index contributed by atoms with van der Waals surface area (Å²) in [6, 6.07) is 21.5. The lowest BCUT2D eigenvalue weighted by Crippen LogP contribution is -2.32. The molecule has 0 aliphatic carbocycles. The highest BCUT2D eigenvalue weighted by molar-refractivity contribution is 5.93. The van der Waals surface area contributed by atoms with Crippen LogP contribution in [0, 0.1) is 0 Å². The summed E-state index contributed by atoms with van der Waals surface area (Å²) in [5.41, 5.74) is 3.24. The first-order valence-electron chi connectivity index (χ1n) is 9.45. The van der Waals surface area contributed by atoms with E-state index in [0.717, 1.165) is 29.1 Å². The van der Waals surface area contributed by atoms with E-state index in [1.165, 1.54) is 0 Å². The summed E-state index contributed by atoms with van der Waals surface area (Å²) in [5.74, 6) is 0.639. The van der Waals surface area contributed by atoms with Gasteiger partial charge < -0.3 is 15.4 Å². The van der Waals surface area contributed by atoms with E-state index in [4.69, 9.17) is 4.74 Å². The van der Waals surface area contributed by atoms with Crippen LogP contribution in [0.1, 0.15) is 36.3 Å². The maximum atomic E-state index is 12.2. The highest BCUT2D eigenvalue weighted by atomic mass is 16.5. The molecule has 1 heterocycles. The molecule has 0 saturated carbocycles. The van der Waals surface area contributed by atoms with Gasteiger partial charge in [-0.3, -0.25) is 9.78 Å². The lowest BCUT2D eigenvalue weighted by Gasteiger charge is -2.12. The number of hydrogen-bond donors (Lipinski definition) is 2. The van der Waals surface area contributed by atoms with Crippen molar-refractivity contribution >= 4 is 17.3 Å². The minimum atomic E-state index is -0.164. The van der Waals surface area contributed by atoms with E-state index in [2.05, 4.69) is 15.6 Å². The van der Waals surface area contributed by atoms with Crippen LogP contribution in [-0.2, 0) is 6.61 Å². The zero-order chi connectivity index (χ0) is 19.8. The fourth-order valence-corrected chi connectivity index (χ4v) is 2.57. The molecule has 28 heavy (non-hydrogen) atoms. The number of ether oxygens (including phenoxy) is 1. The summed E-state index contributed by atoms with van der Waals surface area (Å²) >= 11 is 0. The smallest absolute Gasteiger partial charge is 0.270 e. The normalized spacial score (nSPS) is 11.5. The Morgan fingerprint density at radius 2 is 1.79 bits per heavy atom. The highest BCUT2D eigenvalue weighted by Gasteiger charge is 2.10. The highest BCUT2D eigenvalue weighted by Crippen LogP contribution is 2.21. The van der Waals surface area contributed by atoms with Crippen molar-refractivity contribution in [2.75, 3.05) is 5.32 Å². The van der Waals surface area contributed by atoms with E-state index < -0.39 is 0 Å². The lowest BCUT2D eigenvalue weighted by atomic mass is 10.2. The van der Waals surface area contributed by atoms with Gasteiger partial charge >= 0.3 is 0 Å². The summed E-state index contributed by atoms with van der Waals surface area (Å²) < 4.78 is 5.80. The molecule has 2 aromatic carbocycles. The maximum Gasteiger partial charge on any atom is 0.270 e. The second-order valence-corrected chi connectivity index (χ2v) is 6.64. The summed E-state index contributed by atoms with van der Waals surface area (Å²) in [6.45, 7) is 4.54. The Hall–Kier alpha value is -3.34. The number of carbonyl (C=O) groups is 1. The maximum absolute atomic E-state index is 12.2. The van der Waals surface area contributed by atoms with Gasteiger partial charge in [0.05, 0.1) is 0 Å². The van der Waals surface area contributed by atoms with Crippen LogP contribution < -0.4 is 15.4 Å². The van der Waals surface area contributed by atoms with Crippen LogP contribution in [0.3, 0.4) is 0 Å². The third kappa shape index (κ3) is 5.58. The minimum Gasteiger partial charge on any atom is -0.489 e. The van der Waals surface area contributed by atoms with E-state index in [1.54, 1.807) is 12.3 Å². The third-order valence-electron chi connectivity index (χ3n) is 4.37. The van der Waals surface area contributed by atoms with Crippen LogP contribution in [0.2, 0.25) is 0 Å². The van der Waals surface area contributed by atoms with Gasteiger partial charge in [-0.05, 0) is 55.3 Å². The Labute approximate surface area is 165 Å². The molecule has 3 aromatic rings. The number of pyridine rings is 1. The number of amides is 1. The number of benzene rings is 2. The number of rotatable bonds is 8. The van der Waals surface area contributed by atoms with Gasteiger partial charge in [0.15, 0.2) is 0 Å². The summed E-state index contributed by atoms with van der Waals surface area (Å²) in [6.07, 6.45) is 2.51. The molecule has 0 radical (unpaired) electrons. The van der Waals surface area contributed by atoms with E-state index in [1.807, 2.05) is 74.5 Å². The number of hydrogen-bond acceptors (Lipinski definition) is 4. The summed E-state index contributed by atoms with van der Waals surface area (Å²) in [7, 11) is 0. The zero-order valence-corrected chi connectivity index (χ0v) is 16.2. The van der Waals surface area contributed by atoms with Crippen molar-refractivity contribution in [1.29, 1.82) is 0 Å². The molecule has 144 valence electrons. The Morgan fingerprint density at radius 1 is 1.04 bits per heavy atom. The molecular formula is C23H25N3O2. The van der Waals surface area contributed by atoms with Gasteiger partial charge in [0.2, 0.25) is 0 Å². The van der Waals surface area contributed by atoms with Gasteiger partial charge in [0.1, 0.15) is 18.1 Å². The molecule has 1 atom stereocenters. The summed E-state index contributed by atoms with van der Waals surface area (Å²) in [4.78, 5) is 16.4. The van der Waals surface area contributed by atoms with Crippen molar-refractivity contribution in [3.8, 4) is 5.75 Å². The van der Waals surface area contributed by atoms with Crippen LogP contribution in [0.15, 0.2) is 72.9 Å². The Balaban J connectivity index is 1.59. The molecule has 0 aliphatic heterocycles. The van der Waals surface area contributed by atoms with Gasteiger partial charge in [-0.15, -0.1) is 0 Å². The molecular weight excluding hydrogens is 350 g/mol. The van der Waals surface area contributed by atoms with Crippen LogP contribution in [0.5, 0.6) is 5.75 Å². The number of nitrogens with one attached hydrogen (secondary N) is 2. The average Bonchev–Trinajstić information content (AvgIpc) is 2.74. The van der Waals surface area contributed by atoms with E-state index in [0.29, 0.717) is 12.3 Å². The first-order chi connectivity index (χ1) is 13.6. The third-order valence-corrected chi connectivity index (χ3v) is 4.37. The number of anilines is 2. The Morgan fingerprint density at radius 3 is 2.50 bits per heavy atom. The van der Waals surface area contributed by atoms with Crippen molar-refractivity contribution in [3.63, 3.8) is 0 Å². The second-order valence-electron chi connectivity index (χ2n) is 6.64. The topological polar surface area (TPSA) is 63.2 Å². The zero-order valence-electron chi connectivity index (χ0n) is 16.2. The predicted octanol–water partition coefficient (Wildman–Crippen LogP) is 4.93. The molecule has 0 bridgehead atoms. The molecule has 0 saturated heterocycles. The fraction of sp³-hybridized carbons (Fsp3) is 0.217. The van der Waals surface area contributed by atoms with Crippen molar-refractivity contribution in [2.24, 2.45) is 0 Å². The van der Waals surface area contributed by atoms with Gasteiger partial charge in [-0.25, -0.2) is 0 Å². The molecule has 3 rings (SSSR count). The number of carbonyl (C=O) groups excluding carboxylic acids is 1. The van der Waals surface area contributed by atoms with E-state index >= 15 is 0 Å². The van der Waals surface area contributed by atoms with Gasteiger partial charge in [-0.1, -0.05) is 37.3 Å². The number of aromatic nitrogens is 1. The SMILES string of the molecule is CCC(C)NC(=O)c1cc(Nc2ccc(OCc3ccccc3)cc2)ccn1. The van der Waals surface area contributed by atoms with Crippen molar-refractivity contribution < 1.29 is 9.53 Å². The molecule has 0 aliphatic rings. The van der Waals surface area contributed by atoms with Gasteiger partial charge in [0.25, 0.3) is 5.91 Å². The molecule has 0 fully saturated rings. The first kappa shape index (κ1) is 19.4. The largest absolute Gasteiger partial charge is 0.489 e. The van der Waals surface area contributed by atoms with E-state index in [9.17, 15) is 4.79 Å². The van der Waals surface area contributed by atoms with E-state index in [-0.39, 0.29) is 11.9 Å². The first-order valence-corrected chi connectivity index (χ1v) is 9.45. The average molecular weight is 375 g/mol. The predicted molar refractivity (Wildman–Crippen MR) is 112 cm³/mol. The minimum absolute atomic E-state index is 0.120. The van der Waals surface area contributed by atoms with Crippen LogP contribution in [0.25, 0.3) is 0 Å². The van der Waals surface area contributed by atoms with Crippen molar-refractivity contribution in [1.82, 2.24) is 10.3 Å². The Bertz CT molecular complexity index is 895. The fourth-order valence-electron chi connectivity index (χ4n) is 2.57. The molecule has 1 unspecified atom stereocenters. The molecule has 1 amide bonds. The van der Waals surface area contributed by atoms with Crippen LogP contribution in [0.4, 0.5) is 11.4 Å². The molecule has 1 aromatic heterocycles. The quantitative estimate of drug-likeness (QED) is 0.586. The summed E-state index contributed by atoms with van der Waals surface area (Å²) in [5, 5.41) is 6.22. The lowest BCUT2D eigenvalue weighted by molar-refractivity contribution is 0.0934. The van der Waals surface area contributed by atoms with Gasteiger partial charge in [-0.2, -0.15) is 0 Å². The van der Waals surface area contributed by atoms with Crippen molar-refractivity contribution in [3.05, 3.63) is 84.2 Å². The molecule has 0 spiro atoms. The molecule has 2 N–H and O–H groups in total. The number of nitrogens with zero attached hydrogens (tertiary/aromatic N) is 1. The van der Waals surface area contributed by atoms with Gasteiger partial charge in [0, 0.05) is 23.6 Å². The Kier molecular flexibility index (Phi) is 6.63. The monoisotopic (exact) mass is 375 g/mol. The van der Waals surface area contributed by atoms with Crippen LogP contribution >= 0.6 is 0 Å². The van der Waals surface area contributed by atoms with Crippen LogP contribution in [-0.4, -0.2) is 16.9 Å². The molecule has 5 nitrogen and oxygen atoms in total. The molecule has 5 heteroatoms.